The first kappa shape index (κ1) is 11.9. The summed E-state index contributed by atoms with van der Waals surface area (Å²) in [4.78, 5) is 6.44. The van der Waals surface area contributed by atoms with Crippen molar-refractivity contribution in [2.75, 3.05) is 6.61 Å². The summed E-state index contributed by atoms with van der Waals surface area (Å²) in [5.74, 6) is -1.15. The molecule has 0 saturated carbocycles. The Bertz CT molecular complexity index is 310. The third-order valence-corrected chi connectivity index (χ3v) is 1.85. The monoisotopic (exact) mass is 220 g/mol. The highest BCUT2D eigenvalue weighted by atomic mass is 19.4. The van der Waals surface area contributed by atoms with E-state index in [2.05, 4.69) is 9.97 Å². The zero-order valence-electron chi connectivity index (χ0n) is 8.12. The third-order valence-electron chi connectivity index (χ3n) is 1.85. The molecule has 6 heteroatoms. The minimum atomic E-state index is -4.50. The Labute approximate surface area is 85.0 Å². The molecule has 0 spiro atoms. The van der Waals surface area contributed by atoms with E-state index in [9.17, 15) is 13.2 Å². The van der Waals surface area contributed by atoms with Crippen molar-refractivity contribution in [3.8, 4) is 0 Å². The first-order valence-corrected chi connectivity index (χ1v) is 4.42. The normalized spacial score (nSPS) is 13.9. The molecule has 1 aromatic rings. The van der Waals surface area contributed by atoms with Gasteiger partial charge in [0.05, 0.1) is 0 Å². The summed E-state index contributed by atoms with van der Waals surface area (Å²) in [6.07, 6.45) is -1.75. The van der Waals surface area contributed by atoms with Crippen molar-refractivity contribution in [1.82, 2.24) is 9.97 Å². The highest BCUT2D eigenvalue weighted by Gasteiger charge is 2.34. The summed E-state index contributed by atoms with van der Waals surface area (Å²) in [6, 6.07) is 0. The van der Waals surface area contributed by atoms with Gasteiger partial charge in [-0.25, -0.2) is 9.97 Å². The molecule has 0 aromatic carbocycles. The van der Waals surface area contributed by atoms with E-state index in [0.29, 0.717) is 12.0 Å². The smallest absolute Gasteiger partial charge is 0.396 e. The standard InChI is InChI=1S/C9H11F3N2O/c1-6(5-15)2-7-3-13-8(14-4-7)9(10,11)12/h3-4,6,15H,2,5H2,1H3. The van der Waals surface area contributed by atoms with Crippen LogP contribution in [0.25, 0.3) is 0 Å². The van der Waals surface area contributed by atoms with E-state index < -0.39 is 12.0 Å². The number of aromatic nitrogens is 2. The van der Waals surface area contributed by atoms with E-state index >= 15 is 0 Å². The zero-order valence-corrected chi connectivity index (χ0v) is 8.12. The van der Waals surface area contributed by atoms with Crippen molar-refractivity contribution in [3.63, 3.8) is 0 Å². The van der Waals surface area contributed by atoms with Crippen molar-refractivity contribution in [2.45, 2.75) is 19.5 Å². The molecule has 1 aromatic heterocycles. The van der Waals surface area contributed by atoms with E-state index in [-0.39, 0.29) is 12.5 Å². The maximum atomic E-state index is 12.1. The predicted molar refractivity (Wildman–Crippen MR) is 47.0 cm³/mol. The SMILES string of the molecule is CC(CO)Cc1cnc(C(F)(F)F)nc1. The molecule has 0 saturated heterocycles. The molecule has 1 rings (SSSR count). The highest BCUT2D eigenvalue weighted by molar-refractivity contribution is 5.07. The molecule has 0 aliphatic carbocycles. The Morgan fingerprint density at radius 3 is 2.27 bits per heavy atom. The van der Waals surface area contributed by atoms with Gasteiger partial charge < -0.3 is 5.11 Å². The number of aliphatic hydroxyl groups excluding tert-OH is 1. The second-order valence-corrected chi connectivity index (χ2v) is 3.40. The van der Waals surface area contributed by atoms with Crippen LogP contribution in [0.15, 0.2) is 12.4 Å². The van der Waals surface area contributed by atoms with Crippen molar-refractivity contribution in [3.05, 3.63) is 23.8 Å². The van der Waals surface area contributed by atoms with Crippen molar-refractivity contribution in [1.29, 1.82) is 0 Å². The average Bonchev–Trinajstić information content (AvgIpc) is 2.17. The molecule has 1 unspecified atom stereocenters. The second-order valence-electron chi connectivity index (χ2n) is 3.40. The number of rotatable bonds is 3. The number of halogens is 3. The fraction of sp³-hybridized carbons (Fsp3) is 0.556. The first-order chi connectivity index (χ1) is 6.93. The van der Waals surface area contributed by atoms with Gasteiger partial charge in [0, 0.05) is 19.0 Å². The van der Waals surface area contributed by atoms with E-state index in [0.717, 1.165) is 12.4 Å². The largest absolute Gasteiger partial charge is 0.451 e. The quantitative estimate of drug-likeness (QED) is 0.842. The predicted octanol–water partition coefficient (Wildman–Crippen LogP) is 1.67. The van der Waals surface area contributed by atoms with Gasteiger partial charge in [0.25, 0.3) is 0 Å². The molecule has 0 bridgehead atoms. The number of hydrogen-bond donors (Lipinski definition) is 1. The lowest BCUT2D eigenvalue weighted by Gasteiger charge is -2.08. The molecular formula is C9H11F3N2O. The van der Waals surface area contributed by atoms with Gasteiger partial charge in [-0.15, -0.1) is 0 Å². The van der Waals surface area contributed by atoms with Gasteiger partial charge in [0.2, 0.25) is 5.82 Å². The average molecular weight is 220 g/mol. The van der Waals surface area contributed by atoms with Crippen LogP contribution in [0.1, 0.15) is 18.3 Å². The van der Waals surface area contributed by atoms with Crippen LogP contribution in [0.4, 0.5) is 13.2 Å². The van der Waals surface area contributed by atoms with Gasteiger partial charge in [-0.1, -0.05) is 6.92 Å². The fourth-order valence-corrected chi connectivity index (χ4v) is 1.07. The van der Waals surface area contributed by atoms with Gasteiger partial charge in [-0.2, -0.15) is 13.2 Å². The van der Waals surface area contributed by atoms with Crippen LogP contribution in [0.3, 0.4) is 0 Å². The molecular weight excluding hydrogens is 209 g/mol. The van der Waals surface area contributed by atoms with Crippen LogP contribution in [-0.2, 0) is 12.6 Å². The van der Waals surface area contributed by atoms with E-state index in [1.165, 1.54) is 0 Å². The summed E-state index contributed by atoms with van der Waals surface area (Å²) < 4.78 is 36.2. The third kappa shape index (κ3) is 3.47. The van der Waals surface area contributed by atoms with Crippen LogP contribution in [0, 0.1) is 5.92 Å². The summed E-state index contributed by atoms with van der Waals surface area (Å²) in [5, 5.41) is 8.76. The summed E-state index contributed by atoms with van der Waals surface area (Å²) in [6.45, 7) is 1.78. The molecule has 84 valence electrons. The number of nitrogens with zero attached hydrogens (tertiary/aromatic N) is 2. The molecule has 1 heterocycles. The van der Waals surface area contributed by atoms with Gasteiger partial charge >= 0.3 is 6.18 Å². The molecule has 3 nitrogen and oxygen atoms in total. The van der Waals surface area contributed by atoms with Gasteiger partial charge in [0.15, 0.2) is 0 Å². The molecule has 1 atom stereocenters. The minimum Gasteiger partial charge on any atom is -0.396 e. The van der Waals surface area contributed by atoms with Crippen molar-refractivity contribution in [2.24, 2.45) is 5.92 Å². The Kier molecular flexibility index (Phi) is 3.62. The van der Waals surface area contributed by atoms with Crippen LogP contribution >= 0.6 is 0 Å². The number of alkyl halides is 3. The summed E-state index contributed by atoms with van der Waals surface area (Å²) in [7, 11) is 0. The zero-order chi connectivity index (χ0) is 11.5. The van der Waals surface area contributed by atoms with Crippen LogP contribution in [0.5, 0.6) is 0 Å². The Morgan fingerprint density at radius 1 is 1.33 bits per heavy atom. The number of hydrogen-bond acceptors (Lipinski definition) is 3. The lowest BCUT2D eigenvalue weighted by molar-refractivity contribution is -0.145. The van der Waals surface area contributed by atoms with Gasteiger partial charge in [-0.3, -0.25) is 0 Å². The maximum Gasteiger partial charge on any atom is 0.451 e. The van der Waals surface area contributed by atoms with Crippen LogP contribution < -0.4 is 0 Å². The fourth-order valence-electron chi connectivity index (χ4n) is 1.07. The molecule has 0 fully saturated rings. The molecule has 0 aliphatic rings. The topological polar surface area (TPSA) is 46.0 Å². The maximum absolute atomic E-state index is 12.1. The second kappa shape index (κ2) is 4.57. The molecule has 0 amide bonds. The highest BCUT2D eigenvalue weighted by Crippen LogP contribution is 2.25. The van der Waals surface area contributed by atoms with Crippen LogP contribution in [0.2, 0.25) is 0 Å². The van der Waals surface area contributed by atoms with E-state index in [1.807, 2.05) is 0 Å². The Hall–Kier alpha value is -1.17. The lowest BCUT2D eigenvalue weighted by Crippen LogP contribution is -2.12. The van der Waals surface area contributed by atoms with Crippen molar-refractivity contribution >= 4 is 0 Å². The van der Waals surface area contributed by atoms with E-state index in [1.54, 1.807) is 6.92 Å². The van der Waals surface area contributed by atoms with Gasteiger partial charge in [-0.05, 0) is 17.9 Å². The molecule has 0 aliphatic heterocycles. The Morgan fingerprint density at radius 2 is 1.87 bits per heavy atom. The molecule has 15 heavy (non-hydrogen) atoms. The number of aliphatic hydroxyl groups is 1. The Balaban J connectivity index is 2.73. The lowest BCUT2D eigenvalue weighted by atomic mass is 10.1. The van der Waals surface area contributed by atoms with Crippen LogP contribution in [-0.4, -0.2) is 21.7 Å². The molecule has 0 radical (unpaired) electrons. The van der Waals surface area contributed by atoms with Gasteiger partial charge in [0.1, 0.15) is 0 Å². The summed E-state index contributed by atoms with van der Waals surface area (Å²) >= 11 is 0. The molecule has 1 N–H and O–H groups in total. The first-order valence-electron chi connectivity index (χ1n) is 4.42. The minimum absolute atomic E-state index is 0.00895. The van der Waals surface area contributed by atoms with E-state index in [4.69, 9.17) is 5.11 Å². The summed E-state index contributed by atoms with van der Waals surface area (Å²) in [5.41, 5.74) is 0.588. The van der Waals surface area contributed by atoms with Crippen molar-refractivity contribution < 1.29 is 18.3 Å².